The van der Waals surface area contributed by atoms with Crippen LogP contribution in [0.4, 0.5) is 0 Å². The average Bonchev–Trinajstić information content (AvgIpc) is 3.73. The second-order valence-corrected chi connectivity index (χ2v) is 16.1. The van der Waals surface area contributed by atoms with E-state index in [-0.39, 0.29) is 0 Å². The smallest absolute Gasteiger partial charge is 0.0541 e. The molecule has 3 heteroatoms. The standard InChI is InChI=1S/C48H34N2S/c1-3-15-37(16-4-1)51(38-17-5-2-6-18-38,39-31-27-35(28-32-39)49-45-23-11-7-19-41(45)42-20-8-12-24-46(42)49)40-33-29-36(30-34-40)50-47-25-13-9-21-43(47)44-22-10-14-26-48(44)50/h1-34H. The molecule has 0 aliphatic carbocycles. The Bertz CT molecular complexity index is 2520. The molecule has 242 valence electrons. The first kappa shape index (κ1) is 29.6. The van der Waals surface area contributed by atoms with Gasteiger partial charge in [-0.05, 0) is 97.1 Å². The zero-order chi connectivity index (χ0) is 33.8. The molecule has 0 aliphatic heterocycles. The van der Waals surface area contributed by atoms with Crippen molar-refractivity contribution in [2.24, 2.45) is 0 Å². The van der Waals surface area contributed by atoms with Gasteiger partial charge >= 0.3 is 0 Å². The van der Waals surface area contributed by atoms with Gasteiger partial charge in [-0.2, -0.15) is 0 Å². The third-order valence-corrected chi connectivity index (χ3v) is 14.2. The number of hydrogen-bond acceptors (Lipinski definition) is 0. The molecule has 0 saturated heterocycles. The number of nitrogens with zero attached hydrogens (tertiary/aromatic N) is 2. The van der Waals surface area contributed by atoms with Crippen LogP contribution in [0.25, 0.3) is 55.0 Å². The first-order chi connectivity index (χ1) is 25.3. The number of benzene rings is 8. The fourth-order valence-corrected chi connectivity index (χ4v) is 11.9. The highest BCUT2D eigenvalue weighted by Gasteiger charge is 2.33. The maximum absolute atomic E-state index is 2.40. The summed E-state index contributed by atoms with van der Waals surface area (Å²) in [5.74, 6) is 0. The number of fused-ring (bicyclic) bond motifs is 6. The molecule has 0 atom stereocenters. The van der Waals surface area contributed by atoms with Crippen molar-refractivity contribution in [3.05, 3.63) is 206 Å². The fourth-order valence-electron chi connectivity index (χ4n) is 8.07. The lowest BCUT2D eigenvalue weighted by molar-refractivity contribution is 1.15. The van der Waals surface area contributed by atoms with E-state index in [2.05, 4.69) is 215 Å². The number of para-hydroxylation sites is 4. The third-order valence-electron chi connectivity index (χ3n) is 10.3. The van der Waals surface area contributed by atoms with Crippen molar-refractivity contribution in [3.8, 4) is 11.4 Å². The second-order valence-electron chi connectivity index (χ2n) is 13.0. The van der Waals surface area contributed by atoms with Gasteiger partial charge in [-0.1, -0.05) is 109 Å². The van der Waals surface area contributed by atoms with Gasteiger partial charge in [0.05, 0.1) is 22.1 Å². The van der Waals surface area contributed by atoms with E-state index in [0.29, 0.717) is 0 Å². The Hall–Kier alpha value is -6.29. The number of aromatic nitrogens is 2. The SMILES string of the molecule is c1ccc(S(c2ccccc2)(c2ccc(-n3c4ccccc4c4ccccc43)cc2)c2ccc(-n3c4ccccc4c4ccccc43)cc2)cc1. The van der Waals surface area contributed by atoms with Gasteiger partial charge in [-0.15, -0.1) is 10.0 Å². The molecule has 0 saturated carbocycles. The first-order valence-corrected chi connectivity index (χ1v) is 19.1. The molecule has 10 rings (SSSR count). The molecule has 0 N–H and O–H groups in total. The molecule has 0 fully saturated rings. The average molecular weight is 671 g/mol. The molecule has 0 unspecified atom stereocenters. The molecular formula is C48H34N2S. The van der Waals surface area contributed by atoms with E-state index in [4.69, 9.17) is 0 Å². The van der Waals surface area contributed by atoms with Crippen LogP contribution >= 0.6 is 10.0 Å². The van der Waals surface area contributed by atoms with Crippen molar-refractivity contribution in [1.29, 1.82) is 0 Å². The van der Waals surface area contributed by atoms with Crippen LogP contribution in [0.3, 0.4) is 0 Å². The molecule has 0 spiro atoms. The highest BCUT2D eigenvalue weighted by molar-refractivity contribution is 8.34. The molecule has 10 aromatic rings. The summed E-state index contributed by atoms with van der Waals surface area (Å²) in [6, 6.07) is 75.8. The molecular weight excluding hydrogens is 637 g/mol. The van der Waals surface area contributed by atoms with E-state index in [9.17, 15) is 0 Å². The van der Waals surface area contributed by atoms with Crippen LogP contribution in [0.1, 0.15) is 0 Å². The number of hydrogen-bond donors (Lipinski definition) is 0. The van der Waals surface area contributed by atoms with Gasteiger partial charge in [0.15, 0.2) is 0 Å². The van der Waals surface area contributed by atoms with Gasteiger partial charge in [0.2, 0.25) is 0 Å². The molecule has 0 bridgehead atoms. The molecule has 8 aromatic carbocycles. The minimum atomic E-state index is -1.87. The highest BCUT2D eigenvalue weighted by atomic mass is 32.3. The summed E-state index contributed by atoms with van der Waals surface area (Å²) in [7, 11) is -1.87. The van der Waals surface area contributed by atoms with Crippen molar-refractivity contribution >= 4 is 53.6 Å². The Labute approximate surface area is 298 Å². The highest BCUT2D eigenvalue weighted by Crippen LogP contribution is 2.73. The van der Waals surface area contributed by atoms with Crippen molar-refractivity contribution in [2.75, 3.05) is 0 Å². The van der Waals surface area contributed by atoms with E-state index in [1.165, 1.54) is 63.2 Å². The third kappa shape index (κ3) is 4.52. The summed E-state index contributed by atoms with van der Waals surface area (Å²) in [4.78, 5) is 5.22. The molecule has 51 heavy (non-hydrogen) atoms. The van der Waals surface area contributed by atoms with E-state index in [0.717, 1.165) is 11.4 Å². The molecule has 0 aliphatic rings. The molecule has 2 nitrogen and oxygen atoms in total. The minimum absolute atomic E-state index is 1.16. The summed E-state index contributed by atoms with van der Waals surface area (Å²) >= 11 is 0. The van der Waals surface area contributed by atoms with Gasteiger partial charge < -0.3 is 9.13 Å². The lowest BCUT2D eigenvalue weighted by Gasteiger charge is -2.42. The number of rotatable bonds is 6. The van der Waals surface area contributed by atoms with Crippen molar-refractivity contribution in [3.63, 3.8) is 0 Å². The zero-order valence-corrected chi connectivity index (χ0v) is 28.7. The lowest BCUT2D eigenvalue weighted by Crippen LogP contribution is -2.06. The Kier molecular flexibility index (Phi) is 6.93. The van der Waals surface area contributed by atoms with Gasteiger partial charge in [0, 0.05) is 52.5 Å². The van der Waals surface area contributed by atoms with Gasteiger partial charge in [-0.3, -0.25) is 0 Å². The van der Waals surface area contributed by atoms with Crippen molar-refractivity contribution in [1.82, 2.24) is 9.13 Å². The summed E-state index contributed by atoms with van der Waals surface area (Å²) in [5, 5.41) is 5.09. The Morgan fingerprint density at radius 1 is 0.235 bits per heavy atom. The van der Waals surface area contributed by atoms with Gasteiger partial charge in [0.25, 0.3) is 0 Å². The normalized spacial score (nSPS) is 12.2. The predicted molar refractivity (Wildman–Crippen MR) is 215 cm³/mol. The molecule has 2 heterocycles. The predicted octanol–water partition coefficient (Wildman–Crippen LogP) is 13.2. The quantitative estimate of drug-likeness (QED) is 0.167. The summed E-state index contributed by atoms with van der Waals surface area (Å²) in [5.41, 5.74) is 7.20. The van der Waals surface area contributed by atoms with E-state index >= 15 is 0 Å². The van der Waals surface area contributed by atoms with E-state index in [1.807, 2.05) is 0 Å². The lowest BCUT2D eigenvalue weighted by atomic mass is 10.2. The minimum Gasteiger partial charge on any atom is -0.309 e. The van der Waals surface area contributed by atoms with Crippen LogP contribution < -0.4 is 0 Å². The Morgan fingerprint density at radius 3 is 0.804 bits per heavy atom. The second kappa shape index (κ2) is 11.9. The molecule has 0 amide bonds. The zero-order valence-electron chi connectivity index (χ0n) is 27.9. The Balaban J connectivity index is 1.19. The van der Waals surface area contributed by atoms with Crippen LogP contribution in [0, 0.1) is 0 Å². The fraction of sp³-hybridized carbons (Fsp3) is 0. The molecule has 2 aromatic heterocycles. The van der Waals surface area contributed by atoms with E-state index < -0.39 is 10.0 Å². The van der Waals surface area contributed by atoms with Crippen molar-refractivity contribution in [2.45, 2.75) is 19.6 Å². The van der Waals surface area contributed by atoms with Crippen molar-refractivity contribution < 1.29 is 0 Å². The van der Waals surface area contributed by atoms with Crippen LogP contribution in [-0.4, -0.2) is 9.13 Å². The monoisotopic (exact) mass is 670 g/mol. The van der Waals surface area contributed by atoms with E-state index in [1.54, 1.807) is 0 Å². The Morgan fingerprint density at radius 2 is 0.490 bits per heavy atom. The summed E-state index contributed by atoms with van der Waals surface area (Å²) in [6.07, 6.45) is 0. The largest absolute Gasteiger partial charge is 0.309 e. The van der Waals surface area contributed by atoms with Crippen LogP contribution in [0.5, 0.6) is 0 Å². The maximum atomic E-state index is 2.40. The van der Waals surface area contributed by atoms with Gasteiger partial charge in [0.1, 0.15) is 0 Å². The summed E-state index contributed by atoms with van der Waals surface area (Å²) < 4.78 is 4.80. The topological polar surface area (TPSA) is 9.86 Å². The van der Waals surface area contributed by atoms with Crippen LogP contribution in [0.2, 0.25) is 0 Å². The van der Waals surface area contributed by atoms with Crippen LogP contribution in [-0.2, 0) is 0 Å². The first-order valence-electron chi connectivity index (χ1n) is 17.4. The van der Waals surface area contributed by atoms with Crippen LogP contribution in [0.15, 0.2) is 226 Å². The van der Waals surface area contributed by atoms with Gasteiger partial charge in [-0.25, -0.2) is 0 Å². The summed E-state index contributed by atoms with van der Waals surface area (Å²) in [6.45, 7) is 0. The molecule has 0 radical (unpaired) electrons. The maximum Gasteiger partial charge on any atom is 0.0541 e.